The molecule has 0 aliphatic carbocycles. The lowest BCUT2D eigenvalue weighted by atomic mass is 9.90. The van der Waals surface area contributed by atoms with Crippen molar-refractivity contribution in [3.8, 4) is 5.75 Å². The van der Waals surface area contributed by atoms with Gasteiger partial charge < -0.3 is 20.1 Å². The van der Waals surface area contributed by atoms with Gasteiger partial charge in [-0.3, -0.25) is 4.79 Å². The van der Waals surface area contributed by atoms with Gasteiger partial charge in [0.05, 0.1) is 22.6 Å². The zero-order chi connectivity index (χ0) is 16.5. The van der Waals surface area contributed by atoms with Crippen molar-refractivity contribution in [1.82, 2.24) is 4.90 Å². The number of carbonyl (C=O) groups is 2. The van der Waals surface area contributed by atoms with Gasteiger partial charge in [0.15, 0.2) is 5.75 Å². The molecule has 22 heavy (non-hydrogen) atoms. The number of ether oxygens (including phenoxy) is 1. The van der Waals surface area contributed by atoms with Crippen LogP contribution in [0, 0.1) is 5.41 Å². The number of rotatable bonds is 3. The largest absolute Gasteiger partial charge is 0.494 e. The fourth-order valence-electron chi connectivity index (χ4n) is 2.34. The number of carbonyl (C=O) groups excluding carboxylic acids is 1. The Hall–Kier alpha value is -1.66. The molecular formula is C14H16Cl2N2O4. The van der Waals surface area contributed by atoms with Crippen LogP contribution in [-0.2, 0) is 4.79 Å². The average Bonchev–Trinajstić information content (AvgIpc) is 2.82. The highest BCUT2D eigenvalue weighted by Gasteiger charge is 2.42. The number of likely N-dealkylation sites (tertiary alicyclic amines) is 1. The van der Waals surface area contributed by atoms with Crippen LogP contribution in [0.25, 0.3) is 0 Å². The van der Waals surface area contributed by atoms with Crippen LogP contribution in [0.15, 0.2) is 12.1 Å². The van der Waals surface area contributed by atoms with E-state index in [-0.39, 0.29) is 22.6 Å². The van der Waals surface area contributed by atoms with E-state index < -0.39 is 11.4 Å². The molecule has 1 aromatic rings. The first-order valence-electron chi connectivity index (χ1n) is 6.59. The van der Waals surface area contributed by atoms with Crippen LogP contribution in [0.5, 0.6) is 5.75 Å². The first kappa shape index (κ1) is 16.7. The minimum atomic E-state index is -0.910. The second kappa shape index (κ2) is 6.22. The zero-order valence-corrected chi connectivity index (χ0v) is 13.7. The Morgan fingerprint density at radius 1 is 1.36 bits per heavy atom. The summed E-state index contributed by atoms with van der Waals surface area (Å²) >= 11 is 12.0. The lowest BCUT2D eigenvalue weighted by Gasteiger charge is -2.20. The number of hydrogen-bond donors (Lipinski definition) is 2. The van der Waals surface area contributed by atoms with Crippen LogP contribution in [0.2, 0.25) is 10.0 Å². The molecule has 6 nitrogen and oxygen atoms in total. The van der Waals surface area contributed by atoms with Crippen molar-refractivity contribution in [2.75, 3.05) is 25.5 Å². The Labute approximate surface area is 137 Å². The van der Waals surface area contributed by atoms with E-state index in [1.54, 1.807) is 6.92 Å². The van der Waals surface area contributed by atoms with Gasteiger partial charge in [0, 0.05) is 18.8 Å². The smallest absolute Gasteiger partial charge is 0.321 e. The van der Waals surface area contributed by atoms with E-state index in [0.717, 1.165) is 0 Å². The number of nitrogens with one attached hydrogen (secondary N) is 1. The highest BCUT2D eigenvalue weighted by Crippen LogP contribution is 2.36. The van der Waals surface area contributed by atoms with E-state index in [1.165, 1.54) is 24.1 Å². The Morgan fingerprint density at radius 2 is 1.95 bits per heavy atom. The molecule has 1 aliphatic rings. The quantitative estimate of drug-likeness (QED) is 0.879. The fourth-order valence-corrected chi connectivity index (χ4v) is 2.98. The number of anilines is 1. The summed E-state index contributed by atoms with van der Waals surface area (Å²) in [4.78, 5) is 24.9. The summed E-state index contributed by atoms with van der Waals surface area (Å²) < 4.78 is 5.04. The van der Waals surface area contributed by atoms with Crippen LogP contribution in [0.4, 0.5) is 10.5 Å². The highest BCUT2D eigenvalue weighted by atomic mass is 35.5. The molecule has 1 fully saturated rings. The summed E-state index contributed by atoms with van der Waals surface area (Å²) in [7, 11) is 1.45. The normalized spacial score (nSPS) is 20.8. The molecular weight excluding hydrogens is 331 g/mol. The van der Waals surface area contributed by atoms with Gasteiger partial charge in [0.1, 0.15) is 0 Å². The Morgan fingerprint density at radius 3 is 2.41 bits per heavy atom. The van der Waals surface area contributed by atoms with Gasteiger partial charge in [-0.05, 0) is 25.5 Å². The van der Waals surface area contributed by atoms with Crippen molar-refractivity contribution in [2.45, 2.75) is 13.3 Å². The summed E-state index contributed by atoms with van der Waals surface area (Å²) in [5.41, 5.74) is -0.489. The Bertz CT molecular complexity index is 600. The third-order valence-corrected chi connectivity index (χ3v) is 4.29. The van der Waals surface area contributed by atoms with Gasteiger partial charge in [0.25, 0.3) is 0 Å². The van der Waals surface area contributed by atoms with Gasteiger partial charge in [-0.2, -0.15) is 0 Å². The predicted molar refractivity (Wildman–Crippen MR) is 84.0 cm³/mol. The van der Waals surface area contributed by atoms with Crippen LogP contribution in [-0.4, -0.2) is 42.2 Å². The zero-order valence-electron chi connectivity index (χ0n) is 12.2. The van der Waals surface area contributed by atoms with E-state index in [9.17, 15) is 14.7 Å². The number of carboxylic acid groups (broad SMARTS) is 1. The topological polar surface area (TPSA) is 78.9 Å². The Kier molecular flexibility index (Phi) is 4.72. The van der Waals surface area contributed by atoms with Crippen LogP contribution >= 0.6 is 23.2 Å². The highest BCUT2D eigenvalue weighted by molar-refractivity contribution is 6.37. The number of hydrogen-bond acceptors (Lipinski definition) is 3. The summed E-state index contributed by atoms with van der Waals surface area (Å²) in [5.74, 6) is -0.570. The first-order chi connectivity index (χ1) is 10.3. The Balaban J connectivity index is 2.09. The predicted octanol–water partition coefficient (Wildman–Crippen LogP) is 3.33. The molecule has 2 N–H and O–H groups in total. The molecule has 0 spiro atoms. The maximum absolute atomic E-state index is 12.2. The van der Waals surface area contributed by atoms with Crippen molar-refractivity contribution in [1.29, 1.82) is 0 Å². The number of aliphatic carboxylic acids is 1. The van der Waals surface area contributed by atoms with E-state index in [0.29, 0.717) is 24.4 Å². The van der Waals surface area contributed by atoms with E-state index in [4.69, 9.17) is 27.9 Å². The second-order valence-corrected chi connectivity index (χ2v) is 6.26. The molecule has 1 atom stereocenters. The monoisotopic (exact) mass is 346 g/mol. The van der Waals surface area contributed by atoms with Crippen molar-refractivity contribution in [3.05, 3.63) is 22.2 Å². The maximum atomic E-state index is 12.2. The maximum Gasteiger partial charge on any atom is 0.321 e. The van der Waals surface area contributed by atoms with Crippen LogP contribution in [0.3, 0.4) is 0 Å². The fraction of sp³-hybridized carbons (Fsp3) is 0.429. The van der Waals surface area contributed by atoms with Crippen molar-refractivity contribution in [2.24, 2.45) is 5.41 Å². The van der Waals surface area contributed by atoms with E-state index in [2.05, 4.69) is 5.32 Å². The van der Waals surface area contributed by atoms with E-state index in [1.807, 2.05) is 0 Å². The molecule has 1 heterocycles. The number of benzene rings is 1. The molecule has 1 saturated heterocycles. The van der Waals surface area contributed by atoms with Gasteiger partial charge in [-0.1, -0.05) is 23.2 Å². The van der Waals surface area contributed by atoms with Gasteiger partial charge in [-0.25, -0.2) is 4.79 Å². The summed E-state index contributed by atoms with van der Waals surface area (Å²) in [5, 5.41) is 12.4. The number of carboxylic acids is 1. The second-order valence-electron chi connectivity index (χ2n) is 5.44. The first-order valence-corrected chi connectivity index (χ1v) is 7.35. The molecule has 1 aliphatic heterocycles. The molecule has 0 bridgehead atoms. The summed E-state index contributed by atoms with van der Waals surface area (Å²) in [6.07, 6.45) is 0.417. The number of halogens is 2. The SMILES string of the molecule is COc1c(Cl)cc(NC(=O)N2CCC(C)(C(=O)O)C2)cc1Cl. The third-order valence-electron chi connectivity index (χ3n) is 3.73. The third kappa shape index (κ3) is 3.23. The van der Waals surface area contributed by atoms with Crippen molar-refractivity contribution < 1.29 is 19.4 Å². The van der Waals surface area contributed by atoms with Gasteiger partial charge >= 0.3 is 12.0 Å². The molecule has 120 valence electrons. The number of urea groups is 1. The number of methoxy groups -OCH3 is 1. The van der Waals surface area contributed by atoms with Crippen LogP contribution < -0.4 is 10.1 Å². The number of amides is 2. The van der Waals surface area contributed by atoms with Crippen LogP contribution in [0.1, 0.15) is 13.3 Å². The molecule has 1 unspecified atom stereocenters. The van der Waals surface area contributed by atoms with E-state index >= 15 is 0 Å². The summed E-state index contributed by atoms with van der Waals surface area (Å²) in [6, 6.07) is 2.66. The van der Waals surface area contributed by atoms with Gasteiger partial charge in [0.2, 0.25) is 0 Å². The minimum absolute atomic E-state index is 0.159. The molecule has 0 aromatic heterocycles. The van der Waals surface area contributed by atoms with Crippen molar-refractivity contribution in [3.63, 3.8) is 0 Å². The molecule has 0 saturated carbocycles. The molecule has 2 rings (SSSR count). The molecule has 8 heteroatoms. The molecule has 0 radical (unpaired) electrons. The molecule has 2 amide bonds. The standard InChI is InChI=1S/C14H16Cl2N2O4/c1-14(12(19)20)3-4-18(7-14)13(21)17-8-5-9(15)11(22-2)10(16)6-8/h5-6H,3-4,7H2,1-2H3,(H,17,21)(H,19,20). The minimum Gasteiger partial charge on any atom is -0.494 e. The lowest BCUT2D eigenvalue weighted by Crippen LogP contribution is -2.37. The average molecular weight is 347 g/mol. The molecule has 1 aromatic carbocycles. The lowest BCUT2D eigenvalue weighted by molar-refractivity contribution is -0.146. The summed E-state index contributed by atoms with van der Waals surface area (Å²) in [6.45, 7) is 2.17. The van der Waals surface area contributed by atoms with Gasteiger partial charge in [-0.15, -0.1) is 0 Å². The van der Waals surface area contributed by atoms with Crippen molar-refractivity contribution >= 4 is 40.9 Å². The number of nitrogens with zero attached hydrogens (tertiary/aromatic N) is 1.